The van der Waals surface area contributed by atoms with Gasteiger partial charge in [0, 0.05) is 12.3 Å². The van der Waals surface area contributed by atoms with E-state index in [1.165, 1.54) is 0 Å². The lowest BCUT2D eigenvalue weighted by molar-refractivity contribution is 0.311. The van der Waals surface area contributed by atoms with Gasteiger partial charge in [0.1, 0.15) is 0 Å². The average molecular weight is 213 g/mol. The third-order valence-corrected chi connectivity index (χ3v) is 1.85. The van der Waals surface area contributed by atoms with Crippen molar-refractivity contribution in [3.05, 3.63) is 54.7 Å². The van der Waals surface area contributed by atoms with E-state index in [2.05, 4.69) is 15.2 Å². The van der Waals surface area contributed by atoms with Gasteiger partial charge in [0.25, 0.3) is 0 Å². The van der Waals surface area contributed by atoms with Crippen molar-refractivity contribution >= 4 is 5.69 Å². The first-order valence-electron chi connectivity index (χ1n) is 4.91. The molecule has 80 valence electrons. The first-order valence-corrected chi connectivity index (χ1v) is 4.91. The van der Waals surface area contributed by atoms with Crippen molar-refractivity contribution in [1.29, 1.82) is 0 Å². The summed E-state index contributed by atoms with van der Waals surface area (Å²) in [5.41, 5.74) is 0.812. The molecule has 0 aliphatic carbocycles. The number of hydrogen-bond acceptors (Lipinski definition) is 4. The maximum Gasteiger partial charge on any atom is 0.215 e. The summed E-state index contributed by atoms with van der Waals surface area (Å²) >= 11 is 0. The van der Waals surface area contributed by atoms with Gasteiger partial charge < -0.3 is 4.74 Å². The van der Waals surface area contributed by atoms with Crippen LogP contribution in [0.25, 0.3) is 0 Å². The Labute approximate surface area is 93.6 Å². The topological polar surface area (TPSA) is 46.8 Å². The minimum atomic E-state index is 0.173. The van der Waals surface area contributed by atoms with E-state index in [0.717, 1.165) is 5.69 Å². The van der Waals surface area contributed by atoms with E-state index >= 15 is 0 Å². The Morgan fingerprint density at radius 2 is 1.81 bits per heavy atom. The Bertz CT molecular complexity index is 442. The lowest BCUT2D eigenvalue weighted by Gasteiger charge is -1.98. The maximum absolute atomic E-state index is 5.26. The van der Waals surface area contributed by atoms with Gasteiger partial charge in [0.15, 0.2) is 0 Å². The summed E-state index contributed by atoms with van der Waals surface area (Å²) < 4.78 is 5.26. The van der Waals surface area contributed by atoms with Gasteiger partial charge >= 0.3 is 0 Å². The molecule has 0 amide bonds. The molecule has 0 unspecified atom stereocenters. The Morgan fingerprint density at radius 3 is 2.56 bits per heavy atom. The number of nitrogens with zero attached hydrogens (tertiary/aromatic N) is 3. The van der Waals surface area contributed by atoms with Gasteiger partial charge in [-0.2, -0.15) is 5.11 Å². The van der Waals surface area contributed by atoms with Crippen molar-refractivity contribution in [2.24, 2.45) is 10.2 Å². The number of pyridine rings is 1. The molecule has 4 heteroatoms. The summed E-state index contributed by atoms with van der Waals surface area (Å²) in [6.45, 7) is 0.173. The molecule has 0 spiro atoms. The van der Waals surface area contributed by atoms with Crippen molar-refractivity contribution in [1.82, 2.24) is 4.98 Å². The Kier molecular flexibility index (Phi) is 3.60. The molecule has 0 saturated carbocycles. The first-order chi connectivity index (χ1) is 7.95. The van der Waals surface area contributed by atoms with Gasteiger partial charge in [-0.15, -0.1) is 5.11 Å². The Morgan fingerprint density at radius 1 is 1.00 bits per heavy atom. The van der Waals surface area contributed by atoms with E-state index in [1.807, 2.05) is 42.5 Å². The summed E-state index contributed by atoms with van der Waals surface area (Å²) in [5, 5.41) is 7.89. The van der Waals surface area contributed by atoms with Crippen LogP contribution in [0.3, 0.4) is 0 Å². The van der Waals surface area contributed by atoms with E-state index in [0.29, 0.717) is 5.88 Å². The number of benzene rings is 1. The number of rotatable bonds is 4. The van der Waals surface area contributed by atoms with Gasteiger partial charge in [0.2, 0.25) is 12.6 Å². The molecule has 1 aromatic heterocycles. The van der Waals surface area contributed by atoms with Gasteiger partial charge in [0.05, 0.1) is 5.69 Å². The first kappa shape index (κ1) is 10.3. The highest BCUT2D eigenvalue weighted by atomic mass is 16.5. The quantitative estimate of drug-likeness (QED) is 0.732. The molecule has 0 atom stereocenters. The zero-order valence-electron chi connectivity index (χ0n) is 8.65. The standard InChI is InChI=1S/C12H11N3O/c1-2-6-11(7-3-1)15-14-10-16-12-8-4-5-9-13-12/h1-9H,10H2. The third-order valence-electron chi connectivity index (χ3n) is 1.85. The second kappa shape index (κ2) is 5.60. The van der Waals surface area contributed by atoms with Crippen LogP contribution in [0.15, 0.2) is 65.0 Å². The molecule has 0 fully saturated rings. The zero-order chi connectivity index (χ0) is 11.1. The summed E-state index contributed by atoms with van der Waals surface area (Å²) in [7, 11) is 0. The van der Waals surface area contributed by atoms with Crippen molar-refractivity contribution in [3.63, 3.8) is 0 Å². The van der Waals surface area contributed by atoms with Gasteiger partial charge in [-0.05, 0) is 18.2 Å². The van der Waals surface area contributed by atoms with Crippen LogP contribution in [-0.4, -0.2) is 11.7 Å². The molecular weight excluding hydrogens is 202 g/mol. The van der Waals surface area contributed by atoms with E-state index in [4.69, 9.17) is 4.74 Å². The largest absolute Gasteiger partial charge is 0.453 e. The van der Waals surface area contributed by atoms with Crippen molar-refractivity contribution in [2.75, 3.05) is 6.73 Å². The monoisotopic (exact) mass is 213 g/mol. The summed E-state index contributed by atoms with van der Waals surface area (Å²) in [4.78, 5) is 4.00. The minimum Gasteiger partial charge on any atom is -0.453 e. The van der Waals surface area contributed by atoms with Crippen LogP contribution in [0.2, 0.25) is 0 Å². The second-order valence-electron chi connectivity index (χ2n) is 3.02. The summed E-state index contributed by atoms with van der Waals surface area (Å²) in [6.07, 6.45) is 1.67. The average Bonchev–Trinajstić information content (AvgIpc) is 2.37. The predicted molar refractivity (Wildman–Crippen MR) is 60.7 cm³/mol. The lowest BCUT2D eigenvalue weighted by atomic mass is 10.3. The van der Waals surface area contributed by atoms with Crippen molar-refractivity contribution in [3.8, 4) is 5.88 Å². The van der Waals surface area contributed by atoms with Crippen LogP contribution >= 0.6 is 0 Å². The van der Waals surface area contributed by atoms with Crippen LogP contribution in [0, 0.1) is 0 Å². The fourth-order valence-corrected chi connectivity index (χ4v) is 1.13. The van der Waals surface area contributed by atoms with Crippen molar-refractivity contribution in [2.45, 2.75) is 0 Å². The molecule has 0 bridgehead atoms. The van der Waals surface area contributed by atoms with E-state index in [1.54, 1.807) is 12.3 Å². The molecule has 0 aliphatic heterocycles. The number of aromatic nitrogens is 1. The van der Waals surface area contributed by atoms with Gasteiger partial charge in [-0.3, -0.25) is 0 Å². The van der Waals surface area contributed by atoms with Crippen LogP contribution in [0.5, 0.6) is 5.88 Å². The van der Waals surface area contributed by atoms with E-state index < -0.39 is 0 Å². The highest BCUT2D eigenvalue weighted by Gasteiger charge is 1.90. The smallest absolute Gasteiger partial charge is 0.215 e. The molecule has 0 N–H and O–H groups in total. The minimum absolute atomic E-state index is 0.173. The molecule has 0 radical (unpaired) electrons. The van der Waals surface area contributed by atoms with Crippen molar-refractivity contribution < 1.29 is 4.74 Å². The van der Waals surface area contributed by atoms with E-state index in [-0.39, 0.29) is 6.73 Å². The molecular formula is C12H11N3O. The maximum atomic E-state index is 5.26. The summed E-state index contributed by atoms with van der Waals surface area (Å²) in [5.74, 6) is 0.550. The molecule has 0 saturated heterocycles. The molecule has 1 aromatic carbocycles. The van der Waals surface area contributed by atoms with Crippen LogP contribution in [0.1, 0.15) is 0 Å². The Balaban J connectivity index is 1.83. The number of ether oxygens (including phenoxy) is 1. The van der Waals surface area contributed by atoms with E-state index in [9.17, 15) is 0 Å². The van der Waals surface area contributed by atoms with Crippen LogP contribution in [0.4, 0.5) is 5.69 Å². The number of hydrogen-bond donors (Lipinski definition) is 0. The molecule has 2 rings (SSSR count). The third kappa shape index (κ3) is 3.16. The second-order valence-corrected chi connectivity index (χ2v) is 3.02. The fraction of sp³-hybridized carbons (Fsp3) is 0.0833. The van der Waals surface area contributed by atoms with Crippen LogP contribution < -0.4 is 4.74 Å². The van der Waals surface area contributed by atoms with Crippen LogP contribution in [-0.2, 0) is 0 Å². The molecule has 1 heterocycles. The zero-order valence-corrected chi connectivity index (χ0v) is 8.65. The Hall–Kier alpha value is -2.23. The summed E-state index contributed by atoms with van der Waals surface area (Å²) in [6, 6.07) is 15.0. The highest BCUT2D eigenvalue weighted by molar-refractivity contribution is 5.34. The molecule has 16 heavy (non-hydrogen) atoms. The van der Waals surface area contributed by atoms with Gasteiger partial charge in [-0.1, -0.05) is 24.3 Å². The molecule has 4 nitrogen and oxygen atoms in total. The SMILES string of the molecule is c1ccc(N=NCOc2ccccn2)cc1. The highest BCUT2D eigenvalue weighted by Crippen LogP contribution is 2.10. The normalized spacial score (nSPS) is 10.5. The fourth-order valence-electron chi connectivity index (χ4n) is 1.13. The predicted octanol–water partition coefficient (Wildman–Crippen LogP) is 3.20. The number of azo groups is 1. The lowest BCUT2D eigenvalue weighted by Crippen LogP contribution is -1.94. The molecule has 0 aliphatic rings. The molecule has 2 aromatic rings. The van der Waals surface area contributed by atoms with Gasteiger partial charge in [-0.25, -0.2) is 4.98 Å².